The number of carbonyl (C=O) groups is 1. The Balaban J connectivity index is 1.98. The van der Waals surface area contributed by atoms with Gasteiger partial charge < -0.3 is 5.32 Å². The maximum atomic E-state index is 12.3. The molecule has 5 nitrogen and oxygen atoms in total. The predicted molar refractivity (Wildman–Crippen MR) is 76.1 cm³/mol. The molecule has 1 amide bonds. The van der Waals surface area contributed by atoms with Crippen LogP contribution in [-0.2, 0) is 4.79 Å². The van der Waals surface area contributed by atoms with Gasteiger partial charge in [-0.25, -0.2) is 0 Å². The van der Waals surface area contributed by atoms with Crippen molar-refractivity contribution in [1.82, 2.24) is 14.7 Å². The van der Waals surface area contributed by atoms with Gasteiger partial charge in [-0.1, -0.05) is 12.8 Å². The number of rotatable bonds is 3. The van der Waals surface area contributed by atoms with E-state index in [1.54, 1.807) is 6.20 Å². The standard InChI is InChI=1S/C14H24N4O/c1-11(2)18-10-12(9-15-18)16-14(19)13-7-5-4-6-8-17(13)3/h9-11,13H,4-8H2,1-3H3,(H,16,19). The molecule has 106 valence electrons. The summed E-state index contributed by atoms with van der Waals surface area (Å²) in [5, 5.41) is 7.22. The number of likely N-dealkylation sites (N-methyl/N-ethyl adjacent to an activating group) is 1. The summed E-state index contributed by atoms with van der Waals surface area (Å²) in [6.07, 6.45) is 8.09. The van der Waals surface area contributed by atoms with Gasteiger partial charge in [-0.05, 0) is 40.3 Å². The highest BCUT2D eigenvalue weighted by Crippen LogP contribution is 2.17. The van der Waals surface area contributed by atoms with E-state index in [1.165, 1.54) is 12.8 Å². The molecule has 0 aromatic carbocycles. The molecule has 1 unspecified atom stereocenters. The Morgan fingerprint density at radius 1 is 1.42 bits per heavy atom. The van der Waals surface area contributed by atoms with Gasteiger partial charge in [-0.2, -0.15) is 5.10 Å². The highest BCUT2D eigenvalue weighted by atomic mass is 16.2. The molecule has 1 N–H and O–H groups in total. The van der Waals surface area contributed by atoms with Crippen LogP contribution < -0.4 is 5.32 Å². The van der Waals surface area contributed by atoms with Crippen LogP contribution in [-0.4, -0.2) is 40.2 Å². The van der Waals surface area contributed by atoms with Gasteiger partial charge in [-0.15, -0.1) is 0 Å². The van der Waals surface area contributed by atoms with Crippen molar-refractivity contribution in [3.05, 3.63) is 12.4 Å². The van der Waals surface area contributed by atoms with Crippen LogP contribution in [0.15, 0.2) is 12.4 Å². The maximum Gasteiger partial charge on any atom is 0.241 e. The maximum absolute atomic E-state index is 12.3. The Labute approximate surface area is 115 Å². The lowest BCUT2D eigenvalue weighted by Crippen LogP contribution is -2.41. The van der Waals surface area contributed by atoms with E-state index in [0.717, 1.165) is 25.1 Å². The lowest BCUT2D eigenvalue weighted by atomic mass is 10.1. The van der Waals surface area contributed by atoms with Crippen molar-refractivity contribution in [2.45, 2.75) is 51.6 Å². The van der Waals surface area contributed by atoms with Crippen molar-refractivity contribution in [3.63, 3.8) is 0 Å². The largest absolute Gasteiger partial charge is 0.322 e. The lowest BCUT2D eigenvalue weighted by Gasteiger charge is -2.24. The number of anilines is 1. The molecule has 1 aliphatic rings. The molecule has 1 fully saturated rings. The minimum absolute atomic E-state index is 0.00935. The fourth-order valence-electron chi connectivity index (χ4n) is 2.49. The van der Waals surface area contributed by atoms with Crippen molar-refractivity contribution in [2.24, 2.45) is 0 Å². The summed E-state index contributed by atoms with van der Waals surface area (Å²) in [7, 11) is 2.03. The average molecular weight is 264 g/mol. The van der Waals surface area contributed by atoms with Crippen LogP contribution in [0, 0.1) is 0 Å². The molecule has 1 aromatic heterocycles. The van der Waals surface area contributed by atoms with Gasteiger partial charge in [0, 0.05) is 12.2 Å². The van der Waals surface area contributed by atoms with Gasteiger partial charge in [0.25, 0.3) is 0 Å². The lowest BCUT2D eigenvalue weighted by molar-refractivity contribution is -0.120. The molecule has 0 aliphatic carbocycles. The van der Waals surface area contributed by atoms with Crippen LogP contribution in [0.3, 0.4) is 0 Å². The predicted octanol–water partition coefficient (Wildman–Crippen LogP) is 2.28. The first kappa shape index (κ1) is 14.1. The Bertz CT molecular complexity index is 427. The monoisotopic (exact) mass is 264 g/mol. The zero-order chi connectivity index (χ0) is 13.8. The van der Waals surface area contributed by atoms with E-state index in [9.17, 15) is 4.79 Å². The molecule has 19 heavy (non-hydrogen) atoms. The van der Waals surface area contributed by atoms with Gasteiger partial charge in [-0.3, -0.25) is 14.4 Å². The third-order valence-corrected chi connectivity index (χ3v) is 3.72. The van der Waals surface area contributed by atoms with E-state index < -0.39 is 0 Å². The molecule has 0 saturated carbocycles. The summed E-state index contributed by atoms with van der Waals surface area (Å²) in [5.41, 5.74) is 0.788. The average Bonchev–Trinajstić information content (AvgIpc) is 2.71. The third-order valence-electron chi connectivity index (χ3n) is 3.72. The number of hydrogen-bond donors (Lipinski definition) is 1. The van der Waals surface area contributed by atoms with Gasteiger partial charge in [0.15, 0.2) is 0 Å². The molecule has 2 rings (SSSR count). The number of nitrogens with zero attached hydrogens (tertiary/aromatic N) is 3. The topological polar surface area (TPSA) is 50.2 Å². The molecule has 1 saturated heterocycles. The molecule has 1 aliphatic heterocycles. The summed E-state index contributed by atoms with van der Waals surface area (Å²) >= 11 is 0. The van der Waals surface area contributed by atoms with E-state index in [1.807, 2.05) is 17.9 Å². The quantitative estimate of drug-likeness (QED) is 0.911. The summed E-state index contributed by atoms with van der Waals surface area (Å²) < 4.78 is 1.85. The van der Waals surface area contributed by atoms with E-state index in [0.29, 0.717) is 6.04 Å². The summed E-state index contributed by atoms with van der Waals surface area (Å²) in [6, 6.07) is 0.302. The van der Waals surface area contributed by atoms with E-state index in [4.69, 9.17) is 0 Å². The van der Waals surface area contributed by atoms with Crippen LogP contribution in [0.5, 0.6) is 0 Å². The summed E-state index contributed by atoms with van der Waals surface area (Å²) in [5.74, 6) is 0.0905. The van der Waals surface area contributed by atoms with Crippen LogP contribution >= 0.6 is 0 Å². The first-order chi connectivity index (χ1) is 9.08. The second kappa shape index (κ2) is 6.19. The van der Waals surface area contributed by atoms with E-state index >= 15 is 0 Å². The first-order valence-corrected chi connectivity index (χ1v) is 7.13. The summed E-state index contributed by atoms with van der Waals surface area (Å²) in [4.78, 5) is 14.5. The SMILES string of the molecule is CC(C)n1cc(NC(=O)C2CCCCCN2C)cn1. The number of likely N-dealkylation sites (tertiary alicyclic amines) is 1. The Kier molecular flexibility index (Phi) is 4.58. The van der Waals surface area contributed by atoms with Crippen LogP contribution in [0.4, 0.5) is 5.69 Å². The molecular weight excluding hydrogens is 240 g/mol. The number of amides is 1. The van der Waals surface area contributed by atoms with Gasteiger partial charge in [0.05, 0.1) is 17.9 Å². The number of hydrogen-bond acceptors (Lipinski definition) is 3. The molecule has 0 radical (unpaired) electrons. The fourth-order valence-corrected chi connectivity index (χ4v) is 2.49. The smallest absolute Gasteiger partial charge is 0.241 e. The normalized spacial score (nSPS) is 21.4. The number of carbonyl (C=O) groups excluding carboxylic acids is 1. The van der Waals surface area contributed by atoms with E-state index in [2.05, 4.69) is 29.2 Å². The first-order valence-electron chi connectivity index (χ1n) is 7.13. The van der Waals surface area contributed by atoms with E-state index in [-0.39, 0.29) is 11.9 Å². The fraction of sp³-hybridized carbons (Fsp3) is 0.714. The second-order valence-corrected chi connectivity index (χ2v) is 5.64. The number of nitrogens with one attached hydrogen (secondary N) is 1. The highest BCUT2D eigenvalue weighted by Gasteiger charge is 2.24. The number of aromatic nitrogens is 2. The second-order valence-electron chi connectivity index (χ2n) is 5.64. The molecule has 1 atom stereocenters. The van der Waals surface area contributed by atoms with Crippen molar-refractivity contribution < 1.29 is 4.79 Å². The third kappa shape index (κ3) is 3.56. The van der Waals surface area contributed by atoms with Crippen molar-refractivity contribution >= 4 is 11.6 Å². The summed E-state index contributed by atoms with van der Waals surface area (Å²) in [6.45, 7) is 5.14. The molecule has 1 aromatic rings. The Hall–Kier alpha value is -1.36. The van der Waals surface area contributed by atoms with Crippen LogP contribution in [0.25, 0.3) is 0 Å². The zero-order valence-corrected chi connectivity index (χ0v) is 12.1. The highest BCUT2D eigenvalue weighted by molar-refractivity contribution is 5.94. The Morgan fingerprint density at radius 3 is 2.89 bits per heavy atom. The van der Waals surface area contributed by atoms with Crippen molar-refractivity contribution in [1.29, 1.82) is 0 Å². The van der Waals surface area contributed by atoms with Crippen LogP contribution in [0.2, 0.25) is 0 Å². The van der Waals surface area contributed by atoms with Crippen LogP contribution in [0.1, 0.15) is 45.6 Å². The van der Waals surface area contributed by atoms with Gasteiger partial charge in [0.1, 0.15) is 0 Å². The molecular formula is C14H24N4O. The zero-order valence-electron chi connectivity index (χ0n) is 12.1. The van der Waals surface area contributed by atoms with Crippen molar-refractivity contribution in [2.75, 3.05) is 18.9 Å². The molecule has 0 bridgehead atoms. The van der Waals surface area contributed by atoms with Gasteiger partial charge >= 0.3 is 0 Å². The molecule has 0 spiro atoms. The van der Waals surface area contributed by atoms with Gasteiger partial charge in [0.2, 0.25) is 5.91 Å². The minimum Gasteiger partial charge on any atom is -0.322 e. The molecule has 5 heteroatoms. The Morgan fingerprint density at radius 2 is 2.21 bits per heavy atom. The molecule has 2 heterocycles. The minimum atomic E-state index is -0.00935. The van der Waals surface area contributed by atoms with Crippen molar-refractivity contribution in [3.8, 4) is 0 Å².